The number of carbonyl (C=O) groups excluding carboxylic acids is 1. The van der Waals surface area contributed by atoms with Gasteiger partial charge in [-0.25, -0.2) is 4.98 Å². The zero-order valence-corrected chi connectivity index (χ0v) is 16.6. The zero-order chi connectivity index (χ0) is 19.3. The Morgan fingerprint density at radius 3 is 2.68 bits per heavy atom. The molecule has 5 heteroatoms. The first-order valence-electron chi connectivity index (χ1n) is 9.42. The van der Waals surface area contributed by atoms with E-state index in [9.17, 15) is 4.79 Å². The number of ether oxygens (including phenoxy) is 1. The van der Waals surface area contributed by atoms with Gasteiger partial charge in [-0.15, -0.1) is 11.3 Å². The molecule has 0 atom stereocenters. The van der Waals surface area contributed by atoms with E-state index in [1.54, 1.807) is 13.2 Å². The molecule has 1 aliphatic rings. The third kappa shape index (κ3) is 4.31. The maximum atomic E-state index is 12.2. The van der Waals surface area contributed by atoms with Crippen molar-refractivity contribution in [3.05, 3.63) is 70.6 Å². The Morgan fingerprint density at radius 1 is 1.11 bits per heavy atom. The van der Waals surface area contributed by atoms with Crippen molar-refractivity contribution in [3.63, 3.8) is 0 Å². The van der Waals surface area contributed by atoms with Crippen LogP contribution >= 0.6 is 11.3 Å². The van der Waals surface area contributed by atoms with Crippen LogP contribution in [0.1, 0.15) is 29.5 Å². The molecule has 1 N–H and O–H groups in total. The molecular formula is C23H22N2O2S. The molecule has 0 aliphatic heterocycles. The van der Waals surface area contributed by atoms with Crippen LogP contribution in [-0.4, -0.2) is 18.0 Å². The van der Waals surface area contributed by atoms with Crippen molar-refractivity contribution in [2.24, 2.45) is 0 Å². The van der Waals surface area contributed by atoms with Crippen LogP contribution in [0.2, 0.25) is 0 Å². The summed E-state index contributed by atoms with van der Waals surface area (Å²) in [6.07, 6.45) is 8.15. The molecule has 1 aliphatic carbocycles. The summed E-state index contributed by atoms with van der Waals surface area (Å²) in [6.45, 7) is 0. The molecule has 1 heterocycles. The van der Waals surface area contributed by atoms with E-state index < -0.39 is 0 Å². The molecular weight excluding hydrogens is 368 g/mol. The molecule has 28 heavy (non-hydrogen) atoms. The maximum absolute atomic E-state index is 12.2. The summed E-state index contributed by atoms with van der Waals surface area (Å²) >= 11 is 1.44. The van der Waals surface area contributed by atoms with Gasteiger partial charge in [-0.2, -0.15) is 0 Å². The molecule has 2 aromatic carbocycles. The van der Waals surface area contributed by atoms with Crippen LogP contribution in [0.25, 0.3) is 17.3 Å². The van der Waals surface area contributed by atoms with Gasteiger partial charge in [-0.05, 0) is 66.6 Å². The number of thiazole rings is 1. The van der Waals surface area contributed by atoms with E-state index in [1.165, 1.54) is 47.8 Å². The molecule has 0 saturated carbocycles. The third-order valence-corrected chi connectivity index (χ3v) is 5.68. The quantitative estimate of drug-likeness (QED) is 0.598. The van der Waals surface area contributed by atoms with Crippen LogP contribution in [0.15, 0.2) is 53.9 Å². The van der Waals surface area contributed by atoms with E-state index >= 15 is 0 Å². The highest BCUT2D eigenvalue weighted by molar-refractivity contribution is 7.14. The molecule has 1 amide bonds. The van der Waals surface area contributed by atoms with Crippen LogP contribution in [-0.2, 0) is 17.6 Å². The van der Waals surface area contributed by atoms with Crippen molar-refractivity contribution in [1.82, 2.24) is 4.98 Å². The minimum atomic E-state index is -0.192. The van der Waals surface area contributed by atoms with Gasteiger partial charge in [0.2, 0.25) is 5.91 Å². The normalized spacial score (nSPS) is 13.3. The number of aryl methyl sites for hydroxylation is 2. The zero-order valence-electron chi connectivity index (χ0n) is 15.8. The van der Waals surface area contributed by atoms with Crippen LogP contribution in [0.4, 0.5) is 5.13 Å². The van der Waals surface area contributed by atoms with Crippen molar-refractivity contribution in [2.75, 3.05) is 12.4 Å². The minimum Gasteiger partial charge on any atom is -0.497 e. The van der Waals surface area contributed by atoms with Gasteiger partial charge in [-0.1, -0.05) is 24.3 Å². The average molecular weight is 391 g/mol. The van der Waals surface area contributed by atoms with Gasteiger partial charge in [0.05, 0.1) is 12.8 Å². The van der Waals surface area contributed by atoms with Crippen molar-refractivity contribution >= 4 is 28.5 Å². The second-order valence-electron chi connectivity index (χ2n) is 6.82. The van der Waals surface area contributed by atoms with Crippen molar-refractivity contribution in [3.8, 4) is 17.0 Å². The SMILES string of the molecule is COc1ccc(/C=C/C(=O)Nc2nc(-c3ccc4c(c3)CCCC4)cs2)cc1. The Balaban J connectivity index is 1.41. The van der Waals surface area contributed by atoms with Crippen LogP contribution in [0.3, 0.4) is 0 Å². The van der Waals surface area contributed by atoms with Crippen molar-refractivity contribution < 1.29 is 9.53 Å². The number of amides is 1. The Kier molecular flexibility index (Phi) is 5.53. The van der Waals surface area contributed by atoms with Gasteiger partial charge >= 0.3 is 0 Å². The lowest BCUT2D eigenvalue weighted by Crippen LogP contribution is -2.07. The lowest BCUT2D eigenvalue weighted by Gasteiger charge is -2.16. The Bertz CT molecular complexity index is 1010. The summed E-state index contributed by atoms with van der Waals surface area (Å²) in [7, 11) is 1.63. The highest BCUT2D eigenvalue weighted by Gasteiger charge is 2.12. The highest BCUT2D eigenvalue weighted by Crippen LogP contribution is 2.29. The van der Waals surface area contributed by atoms with Gasteiger partial charge in [-0.3, -0.25) is 10.1 Å². The number of rotatable bonds is 5. The van der Waals surface area contributed by atoms with Crippen LogP contribution in [0, 0.1) is 0 Å². The van der Waals surface area contributed by atoms with Crippen LogP contribution in [0.5, 0.6) is 5.75 Å². The number of nitrogens with one attached hydrogen (secondary N) is 1. The van der Waals surface area contributed by atoms with E-state index in [4.69, 9.17) is 4.74 Å². The fraction of sp³-hybridized carbons (Fsp3) is 0.217. The van der Waals surface area contributed by atoms with E-state index in [1.807, 2.05) is 29.6 Å². The fourth-order valence-electron chi connectivity index (χ4n) is 3.39. The standard InChI is InChI=1S/C23H22N2O2S/c1-27-20-11-6-16(7-12-20)8-13-22(26)25-23-24-21(15-28-23)19-10-9-17-4-2-3-5-18(17)14-19/h6-15H,2-5H2,1H3,(H,24,25,26)/b13-8+. The lowest BCUT2D eigenvalue weighted by atomic mass is 9.90. The van der Waals surface area contributed by atoms with E-state index in [0.717, 1.165) is 29.0 Å². The average Bonchev–Trinajstić information content (AvgIpc) is 3.20. The second kappa shape index (κ2) is 8.40. The van der Waals surface area contributed by atoms with E-state index in [0.29, 0.717) is 5.13 Å². The molecule has 0 saturated heterocycles. The minimum absolute atomic E-state index is 0.192. The van der Waals surface area contributed by atoms with Gasteiger partial charge in [0, 0.05) is 17.0 Å². The van der Waals surface area contributed by atoms with Crippen molar-refractivity contribution in [1.29, 1.82) is 0 Å². The summed E-state index contributed by atoms with van der Waals surface area (Å²) in [5, 5.41) is 5.45. The maximum Gasteiger partial charge on any atom is 0.250 e. The predicted octanol–water partition coefficient (Wildman–Crippen LogP) is 5.35. The number of benzene rings is 2. The molecule has 0 bridgehead atoms. The molecule has 0 spiro atoms. The first-order chi connectivity index (χ1) is 13.7. The van der Waals surface area contributed by atoms with Gasteiger partial charge in [0.1, 0.15) is 5.75 Å². The molecule has 4 rings (SSSR count). The number of carbonyl (C=O) groups is 1. The van der Waals surface area contributed by atoms with Crippen LogP contribution < -0.4 is 10.1 Å². The van der Waals surface area contributed by atoms with E-state index in [-0.39, 0.29) is 5.91 Å². The smallest absolute Gasteiger partial charge is 0.250 e. The number of aromatic nitrogens is 1. The topological polar surface area (TPSA) is 51.2 Å². The molecule has 0 radical (unpaired) electrons. The predicted molar refractivity (Wildman–Crippen MR) is 115 cm³/mol. The summed E-state index contributed by atoms with van der Waals surface area (Å²) in [6, 6.07) is 14.1. The summed E-state index contributed by atoms with van der Waals surface area (Å²) < 4.78 is 5.13. The summed E-state index contributed by atoms with van der Waals surface area (Å²) in [5.74, 6) is 0.598. The highest BCUT2D eigenvalue weighted by atomic mass is 32.1. The molecule has 0 fully saturated rings. The number of nitrogens with zero attached hydrogens (tertiary/aromatic N) is 1. The Morgan fingerprint density at radius 2 is 1.89 bits per heavy atom. The first kappa shape index (κ1) is 18.4. The van der Waals surface area contributed by atoms with E-state index in [2.05, 4.69) is 28.5 Å². The third-order valence-electron chi connectivity index (χ3n) is 4.92. The number of fused-ring (bicyclic) bond motifs is 1. The number of hydrogen-bond acceptors (Lipinski definition) is 4. The van der Waals surface area contributed by atoms with Gasteiger partial charge in [0.15, 0.2) is 5.13 Å². The number of methoxy groups -OCH3 is 1. The number of anilines is 1. The first-order valence-corrected chi connectivity index (χ1v) is 10.3. The molecule has 0 unspecified atom stereocenters. The summed E-state index contributed by atoms with van der Waals surface area (Å²) in [5.41, 5.74) is 5.86. The fourth-order valence-corrected chi connectivity index (χ4v) is 4.11. The van der Waals surface area contributed by atoms with Gasteiger partial charge < -0.3 is 4.74 Å². The largest absolute Gasteiger partial charge is 0.497 e. The lowest BCUT2D eigenvalue weighted by molar-refractivity contribution is -0.111. The Labute approximate surface area is 168 Å². The monoisotopic (exact) mass is 390 g/mol. The molecule has 4 nitrogen and oxygen atoms in total. The van der Waals surface area contributed by atoms with Crippen molar-refractivity contribution in [2.45, 2.75) is 25.7 Å². The summed E-state index contributed by atoms with van der Waals surface area (Å²) in [4.78, 5) is 16.8. The number of hydrogen-bond donors (Lipinski definition) is 1. The van der Waals surface area contributed by atoms with Gasteiger partial charge in [0.25, 0.3) is 0 Å². The molecule has 1 aromatic heterocycles. The Hall–Kier alpha value is -2.92. The molecule has 142 valence electrons. The second-order valence-corrected chi connectivity index (χ2v) is 7.68. The molecule has 3 aromatic rings.